The molecule has 0 bridgehead atoms. The Balaban J connectivity index is 1.97. The Morgan fingerprint density at radius 2 is 1.88 bits per heavy atom. The zero-order chi connectivity index (χ0) is 18.1. The number of rotatable bonds is 4. The van der Waals surface area contributed by atoms with E-state index < -0.39 is 6.10 Å². The summed E-state index contributed by atoms with van der Waals surface area (Å²) in [5.74, 6) is 0.576. The number of nitrogens with one attached hydrogen (secondary N) is 2. The lowest BCUT2D eigenvalue weighted by atomic mass is 9.79. The Kier molecular flexibility index (Phi) is 5.50. The second-order valence-electron chi connectivity index (χ2n) is 8.18. The lowest BCUT2D eigenvalue weighted by Gasteiger charge is -2.46. The molecule has 1 aromatic rings. The van der Waals surface area contributed by atoms with Gasteiger partial charge in [-0.05, 0) is 78.1 Å². The molecule has 1 saturated heterocycles. The lowest BCUT2D eigenvalue weighted by molar-refractivity contribution is -0.128. The maximum atomic E-state index is 12.5. The van der Waals surface area contributed by atoms with E-state index in [2.05, 4.69) is 38.3 Å². The number of halogens is 1. The number of aryl methyl sites for hydroxylation is 1. The monoisotopic (exact) mass is 352 g/mol. The normalized spacial score (nSPS) is 21.1. The highest BCUT2D eigenvalue weighted by Gasteiger charge is 2.38. The van der Waals surface area contributed by atoms with Gasteiger partial charge in [0.05, 0.1) is 0 Å². The van der Waals surface area contributed by atoms with Gasteiger partial charge in [0, 0.05) is 22.1 Å². The Bertz CT molecular complexity index is 597. The smallest absolute Gasteiger partial charge is 0.260 e. The molecule has 1 aliphatic rings. The van der Waals surface area contributed by atoms with Gasteiger partial charge in [-0.1, -0.05) is 11.6 Å². The highest BCUT2D eigenvalue weighted by atomic mass is 35.5. The topological polar surface area (TPSA) is 50.4 Å². The zero-order valence-corrected chi connectivity index (χ0v) is 16.3. The Hall–Kier alpha value is -1.26. The van der Waals surface area contributed by atoms with Crippen LogP contribution in [0.15, 0.2) is 18.2 Å². The van der Waals surface area contributed by atoms with Crippen molar-refractivity contribution in [2.45, 2.75) is 77.6 Å². The quantitative estimate of drug-likeness (QED) is 0.865. The van der Waals surface area contributed by atoms with Gasteiger partial charge in [0.2, 0.25) is 0 Å². The number of hydrogen-bond donors (Lipinski definition) is 2. The number of hydrogen-bond acceptors (Lipinski definition) is 3. The molecule has 0 saturated carbocycles. The van der Waals surface area contributed by atoms with Crippen LogP contribution in [-0.2, 0) is 4.79 Å². The summed E-state index contributed by atoms with van der Waals surface area (Å²) in [6.07, 6.45) is 1.25. The van der Waals surface area contributed by atoms with Crippen LogP contribution < -0.4 is 15.4 Å². The van der Waals surface area contributed by atoms with Crippen molar-refractivity contribution in [1.29, 1.82) is 0 Å². The average molecular weight is 353 g/mol. The predicted octanol–water partition coefficient (Wildman–Crippen LogP) is 3.84. The molecule has 5 heteroatoms. The fraction of sp³-hybridized carbons (Fsp3) is 0.632. The highest BCUT2D eigenvalue weighted by molar-refractivity contribution is 6.31. The van der Waals surface area contributed by atoms with Gasteiger partial charge in [-0.25, -0.2) is 0 Å². The lowest BCUT2D eigenvalue weighted by Crippen LogP contribution is -2.62. The molecular formula is C19H29ClN2O2. The van der Waals surface area contributed by atoms with Crippen LogP contribution in [0.5, 0.6) is 5.75 Å². The van der Waals surface area contributed by atoms with E-state index in [0.29, 0.717) is 10.8 Å². The van der Waals surface area contributed by atoms with E-state index in [4.69, 9.17) is 16.3 Å². The maximum Gasteiger partial charge on any atom is 0.260 e. The fourth-order valence-corrected chi connectivity index (χ4v) is 3.81. The number of carbonyl (C=O) groups is 1. The van der Waals surface area contributed by atoms with E-state index in [1.807, 2.05) is 13.0 Å². The summed E-state index contributed by atoms with van der Waals surface area (Å²) < 4.78 is 5.77. The van der Waals surface area contributed by atoms with Crippen molar-refractivity contribution in [2.24, 2.45) is 0 Å². The van der Waals surface area contributed by atoms with Crippen LogP contribution >= 0.6 is 11.6 Å². The van der Waals surface area contributed by atoms with Gasteiger partial charge in [0.15, 0.2) is 6.10 Å². The van der Waals surface area contributed by atoms with Crippen molar-refractivity contribution in [3.63, 3.8) is 0 Å². The van der Waals surface area contributed by atoms with E-state index in [-0.39, 0.29) is 23.0 Å². The summed E-state index contributed by atoms with van der Waals surface area (Å²) in [7, 11) is 0. The third-order valence-electron chi connectivity index (χ3n) is 4.35. The molecule has 0 aromatic heterocycles. The summed E-state index contributed by atoms with van der Waals surface area (Å²) in [4.78, 5) is 12.5. The minimum atomic E-state index is -0.549. The largest absolute Gasteiger partial charge is 0.481 e. The molecule has 4 nitrogen and oxygen atoms in total. The molecular weight excluding hydrogens is 324 g/mol. The van der Waals surface area contributed by atoms with E-state index in [1.165, 1.54) is 0 Å². The van der Waals surface area contributed by atoms with E-state index in [9.17, 15) is 4.79 Å². The number of ether oxygens (including phenoxy) is 1. The molecule has 1 aliphatic heterocycles. The minimum absolute atomic E-state index is 0.00289. The average Bonchev–Trinajstić information content (AvgIpc) is 2.39. The van der Waals surface area contributed by atoms with Gasteiger partial charge in [-0.15, -0.1) is 0 Å². The SMILES string of the molecule is Cc1cc(O[C@@H](C)C(=O)NC2CC(C)(C)NC(C)(C)C2)ccc1Cl. The summed E-state index contributed by atoms with van der Waals surface area (Å²) in [5.41, 5.74) is 0.928. The molecule has 1 amide bonds. The summed E-state index contributed by atoms with van der Waals surface area (Å²) in [6.45, 7) is 12.4. The van der Waals surface area contributed by atoms with E-state index in [0.717, 1.165) is 18.4 Å². The van der Waals surface area contributed by atoms with Crippen molar-refractivity contribution in [1.82, 2.24) is 10.6 Å². The van der Waals surface area contributed by atoms with Crippen LogP contribution in [0.2, 0.25) is 5.02 Å². The van der Waals surface area contributed by atoms with Crippen molar-refractivity contribution in [3.8, 4) is 5.75 Å². The highest BCUT2D eigenvalue weighted by Crippen LogP contribution is 2.28. The summed E-state index contributed by atoms with van der Waals surface area (Å²) in [5, 5.41) is 7.46. The number of amides is 1. The molecule has 1 heterocycles. The first kappa shape index (κ1) is 19.1. The van der Waals surface area contributed by atoms with Crippen LogP contribution in [-0.4, -0.2) is 29.1 Å². The second-order valence-corrected chi connectivity index (χ2v) is 8.58. The Morgan fingerprint density at radius 1 is 1.29 bits per heavy atom. The molecule has 1 fully saturated rings. The first-order chi connectivity index (χ1) is 11.0. The molecule has 1 atom stereocenters. The van der Waals surface area contributed by atoms with Crippen LogP contribution in [0.3, 0.4) is 0 Å². The van der Waals surface area contributed by atoms with Crippen LogP contribution in [0, 0.1) is 6.92 Å². The molecule has 2 N–H and O–H groups in total. The standard InChI is InChI=1S/C19H29ClN2O2/c1-12-9-15(7-8-16(12)20)24-13(2)17(23)21-14-10-18(3,4)22-19(5,6)11-14/h7-9,13-14,22H,10-11H2,1-6H3,(H,21,23)/t13-/m0/s1. The number of piperidine rings is 1. The second kappa shape index (κ2) is 6.93. The maximum absolute atomic E-state index is 12.5. The van der Waals surface area contributed by atoms with E-state index >= 15 is 0 Å². The van der Waals surface area contributed by atoms with Crippen molar-refractivity contribution in [3.05, 3.63) is 28.8 Å². The molecule has 1 aromatic carbocycles. The molecule has 0 unspecified atom stereocenters. The van der Waals surface area contributed by atoms with Crippen LogP contribution in [0.4, 0.5) is 0 Å². The van der Waals surface area contributed by atoms with Gasteiger partial charge < -0.3 is 15.4 Å². The van der Waals surface area contributed by atoms with E-state index in [1.54, 1.807) is 19.1 Å². The van der Waals surface area contributed by atoms with Crippen LogP contribution in [0.25, 0.3) is 0 Å². The predicted molar refractivity (Wildman–Crippen MR) is 98.7 cm³/mol. The first-order valence-corrected chi connectivity index (χ1v) is 8.88. The van der Waals surface area contributed by atoms with Gasteiger partial charge in [-0.2, -0.15) is 0 Å². The fourth-order valence-electron chi connectivity index (χ4n) is 3.69. The minimum Gasteiger partial charge on any atom is -0.481 e. The molecule has 2 rings (SSSR count). The van der Waals surface area contributed by atoms with Crippen molar-refractivity contribution in [2.75, 3.05) is 0 Å². The first-order valence-electron chi connectivity index (χ1n) is 8.50. The van der Waals surface area contributed by atoms with Gasteiger partial charge in [0.1, 0.15) is 5.75 Å². The summed E-state index contributed by atoms with van der Waals surface area (Å²) in [6, 6.07) is 5.56. The molecule has 24 heavy (non-hydrogen) atoms. The van der Waals surface area contributed by atoms with Crippen molar-refractivity contribution >= 4 is 17.5 Å². The molecule has 0 aliphatic carbocycles. The van der Waals surface area contributed by atoms with Gasteiger partial charge >= 0.3 is 0 Å². The Morgan fingerprint density at radius 3 is 2.42 bits per heavy atom. The van der Waals surface area contributed by atoms with Gasteiger partial charge in [0.25, 0.3) is 5.91 Å². The third-order valence-corrected chi connectivity index (χ3v) is 4.77. The number of benzene rings is 1. The van der Waals surface area contributed by atoms with Crippen LogP contribution in [0.1, 0.15) is 53.0 Å². The molecule has 0 spiro atoms. The zero-order valence-electron chi connectivity index (χ0n) is 15.5. The third kappa shape index (κ3) is 5.12. The molecule has 0 radical (unpaired) electrons. The molecule has 134 valence electrons. The Labute approximate surface area is 150 Å². The van der Waals surface area contributed by atoms with Gasteiger partial charge in [-0.3, -0.25) is 4.79 Å². The summed E-state index contributed by atoms with van der Waals surface area (Å²) >= 11 is 6.02. The number of carbonyl (C=O) groups excluding carboxylic acids is 1. The van der Waals surface area contributed by atoms with Crippen molar-refractivity contribution < 1.29 is 9.53 Å².